The lowest BCUT2D eigenvalue weighted by molar-refractivity contribution is -0.149. The van der Waals surface area contributed by atoms with E-state index in [1.54, 1.807) is 0 Å². The number of ether oxygens (including phenoxy) is 1. The molecule has 3 atom stereocenters. The molecule has 10 nitrogen and oxygen atoms in total. The third kappa shape index (κ3) is 12.2. The maximum absolute atomic E-state index is 12.3. The van der Waals surface area contributed by atoms with Gasteiger partial charge in [0.1, 0.15) is 18.7 Å². The molecule has 156 valence electrons. The van der Waals surface area contributed by atoms with Crippen LogP contribution in [0.5, 0.6) is 0 Å². The summed E-state index contributed by atoms with van der Waals surface area (Å²) in [6, 6.07) is -2.29. The van der Waals surface area contributed by atoms with Crippen molar-refractivity contribution in [1.29, 1.82) is 0 Å². The molecule has 0 saturated heterocycles. The highest BCUT2D eigenvalue weighted by molar-refractivity contribution is 7.81. The number of hydrogen-bond donors (Lipinski definition) is 6. The molecule has 0 spiro atoms. The van der Waals surface area contributed by atoms with Gasteiger partial charge in [0.2, 0.25) is 0 Å². The van der Waals surface area contributed by atoms with Crippen LogP contribution >= 0.6 is 12.6 Å². The molecule has 0 aliphatic heterocycles. The highest BCUT2D eigenvalue weighted by Crippen LogP contribution is 2.15. The fourth-order valence-electron chi connectivity index (χ4n) is 2.14. The molecular formula is C16H28N2O8S. The van der Waals surface area contributed by atoms with Crippen LogP contribution in [0.1, 0.15) is 47.0 Å². The van der Waals surface area contributed by atoms with Crippen molar-refractivity contribution in [1.82, 2.24) is 10.6 Å². The van der Waals surface area contributed by atoms with Crippen molar-refractivity contribution < 1.29 is 39.2 Å². The van der Waals surface area contributed by atoms with Gasteiger partial charge in [-0.15, -0.1) is 0 Å². The first-order valence-corrected chi connectivity index (χ1v) is 8.68. The van der Waals surface area contributed by atoms with E-state index in [1.807, 2.05) is 20.8 Å². The number of esters is 1. The molecule has 0 heterocycles. The van der Waals surface area contributed by atoms with Gasteiger partial charge in [0, 0.05) is 12.0 Å². The predicted molar refractivity (Wildman–Crippen MR) is 98.7 cm³/mol. The quantitative estimate of drug-likeness (QED) is 0.151. The fourth-order valence-corrected chi connectivity index (χ4v) is 2.36. The molecule has 0 aromatic carbocycles. The fraction of sp³-hybridized carbons (Fsp3) is 0.750. The van der Waals surface area contributed by atoms with E-state index in [0.29, 0.717) is 0 Å². The molecule has 0 aliphatic carbocycles. The lowest BCUT2D eigenvalue weighted by Gasteiger charge is -2.30. The van der Waals surface area contributed by atoms with E-state index in [-0.39, 0.29) is 19.4 Å². The van der Waals surface area contributed by atoms with Crippen LogP contribution in [0.4, 0.5) is 0 Å². The Hall–Kier alpha value is -1.85. The summed E-state index contributed by atoms with van der Waals surface area (Å²) < 4.78 is 5.16. The minimum atomic E-state index is -1.42. The van der Waals surface area contributed by atoms with E-state index in [9.17, 15) is 19.2 Å². The summed E-state index contributed by atoms with van der Waals surface area (Å²) >= 11 is 4.20. The predicted octanol–water partition coefficient (Wildman–Crippen LogP) is 0.315. The highest BCUT2D eigenvalue weighted by atomic mass is 32.1. The summed E-state index contributed by atoms with van der Waals surface area (Å²) in [7, 11) is 0. The second kappa shape index (κ2) is 10.5. The van der Waals surface area contributed by atoms with Gasteiger partial charge in [0.05, 0.1) is 11.3 Å². The topological polar surface area (TPSA) is 162 Å². The minimum absolute atomic E-state index is 0.0128. The normalized spacial score (nSPS) is 16.0. The van der Waals surface area contributed by atoms with Gasteiger partial charge in [-0.2, -0.15) is 12.6 Å². The van der Waals surface area contributed by atoms with Crippen molar-refractivity contribution in [2.24, 2.45) is 0 Å². The molecule has 0 saturated carbocycles. The third-order valence-corrected chi connectivity index (χ3v) is 3.45. The van der Waals surface area contributed by atoms with Crippen LogP contribution in [-0.2, 0) is 23.9 Å². The molecule has 11 heteroatoms. The van der Waals surface area contributed by atoms with E-state index in [1.165, 1.54) is 6.92 Å². The summed E-state index contributed by atoms with van der Waals surface area (Å²) in [6.45, 7) is 6.50. The number of aliphatic carboxylic acids is 3. The molecule has 0 aromatic heterocycles. The number of carbonyl (C=O) groups excluding carboxylic acids is 1. The number of nitrogens with one attached hydrogen (secondary N) is 2. The zero-order chi connectivity index (χ0) is 21.4. The Balaban J connectivity index is 4.93. The van der Waals surface area contributed by atoms with Crippen LogP contribution in [0.25, 0.3) is 0 Å². The molecule has 0 rings (SSSR count). The number of hydrogen-bond acceptors (Lipinski definition) is 8. The number of carboxylic acids is 3. The lowest BCUT2D eigenvalue weighted by Crippen LogP contribution is -2.53. The molecule has 0 aromatic rings. The standard InChI is InChI=1S/C16H28N2O8S/c1-15(2,3)17-9(5-6-11(19)20)14(25)26-8-16(4,27)18-10(13(23)24)7-12(21)22/h9-10,17-18,27H,5-8H2,1-4H3,(H,19,20)(H,21,22)(H,23,24). The molecule has 0 bridgehead atoms. The van der Waals surface area contributed by atoms with Crippen LogP contribution in [-0.4, -0.2) is 68.3 Å². The lowest BCUT2D eigenvalue weighted by atomic mass is 10.0. The Morgan fingerprint density at radius 3 is 1.93 bits per heavy atom. The highest BCUT2D eigenvalue weighted by Gasteiger charge is 2.32. The van der Waals surface area contributed by atoms with Crippen molar-refractivity contribution >= 4 is 36.5 Å². The van der Waals surface area contributed by atoms with E-state index >= 15 is 0 Å². The van der Waals surface area contributed by atoms with Gasteiger partial charge in [0.25, 0.3) is 0 Å². The Labute approximate surface area is 163 Å². The van der Waals surface area contributed by atoms with Crippen molar-refractivity contribution in [2.75, 3.05) is 6.61 Å². The summed E-state index contributed by atoms with van der Waals surface area (Å²) in [5, 5.41) is 32.1. The second-order valence-electron chi connectivity index (χ2n) is 7.39. The van der Waals surface area contributed by atoms with Gasteiger partial charge in [-0.25, -0.2) is 0 Å². The number of carbonyl (C=O) groups is 4. The molecule has 0 fully saturated rings. The second-order valence-corrected chi connectivity index (χ2v) is 8.38. The smallest absolute Gasteiger partial charge is 0.323 e. The molecular weight excluding hydrogens is 380 g/mol. The summed E-state index contributed by atoms with van der Waals surface area (Å²) in [4.78, 5) is 43.7. The van der Waals surface area contributed by atoms with Gasteiger partial charge >= 0.3 is 23.9 Å². The molecule has 5 N–H and O–H groups in total. The molecule has 0 aliphatic rings. The van der Waals surface area contributed by atoms with Crippen LogP contribution in [0.15, 0.2) is 0 Å². The van der Waals surface area contributed by atoms with Crippen LogP contribution in [0.3, 0.4) is 0 Å². The van der Waals surface area contributed by atoms with E-state index < -0.39 is 52.8 Å². The zero-order valence-electron chi connectivity index (χ0n) is 15.8. The Morgan fingerprint density at radius 2 is 1.52 bits per heavy atom. The third-order valence-electron chi connectivity index (χ3n) is 3.20. The Morgan fingerprint density at radius 1 is 0.963 bits per heavy atom. The largest absolute Gasteiger partial charge is 0.481 e. The van der Waals surface area contributed by atoms with Gasteiger partial charge in [-0.05, 0) is 34.1 Å². The van der Waals surface area contributed by atoms with Crippen LogP contribution in [0.2, 0.25) is 0 Å². The average molecular weight is 408 g/mol. The van der Waals surface area contributed by atoms with Gasteiger partial charge in [-0.3, -0.25) is 29.8 Å². The monoisotopic (exact) mass is 408 g/mol. The first-order chi connectivity index (χ1) is 12.1. The Bertz CT molecular complexity index is 559. The maximum atomic E-state index is 12.3. The van der Waals surface area contributed by atoms with Crippen LogP contribution < -0.4 is 10.6 Å². The van der Waals surface area contributed by atoms with Gasteiger partial charge in [-0.1, -0.05) is 0 Å². The number of thiol groups is 1. The van der Waals surface area contributed by atoms with Gasteiger partial charge < -0.3 is 20.1 Å². The zero-order valence-corrected chi connectivity index (χ0v) is 16.7. The molecule has 3 unspecified atom stereocenters. The van der Waals surface area contributed by atoms with Gasteiger partial charge in [0.15, 0.2) is 0 Å². The summed E-state index contributed by atoms with van der Waals surface area (Å²) in [5.41, 5.74) is -0.472. The van der Waals surface area contributed by atoms with E-state index in [0.717, 1.165) is 0 Å². The van der Waals surface area contributed by atoms with E-state index in [2.05, 4.69) is 23.3 Å². The first kappa shape index (κ1) is 25.1. The number of rotatable bonds is 12. The maximum Gasteiger partial charge on any atom is 0.323 e. The van der Waals surface area contributed by atoms with Crippen molar-refractivity contribution in [2.45, 2.75) is 69.5 Å². The van der Waals surface area contributed by atoms with Crippen molar-refractivity contribution in [3.05, 3.63) is 0 Å². The summed E-state index contributed by atoms with van der Waals surface area (Å²) in [6.07, 6.45) is -0.899. The SMILES string of the molecule is CC(C)(C)NC(CCC(=O)O)C(=O)OCC(C)(S)NC(CC(=O)O)C(=O)O. The molecule has 0 radical (unpaired) electrons. The summed E-state index contributed by atoms with van der Waals surface area (Å²) in [5.74, 6) is -4.45. The van der Waals surface area contributed by atoms with E-state index in [4.69, 9.17) is 20.1 Å². The van der Waals surface area contributed by atoms with Crippen LogP contribution in [0, 0.1) is 0 Å². The average Bonchev–Trinajstić information content (AvgIpc) is 2.46. The first-order valence-electron chi connectivity index (χ1n) is 8.24. The number of carboxylic acid groups (broad SMARTS) is 3. The minimum Gasteiger partial charge on any atom is -0.481 e. The molecule has 0 amide bonds. The molecule has 27 heavy (non-hydrogen) atoms. The Kier molecular flexibility index (Phi) is 9.76. The van der Waals surface area contributed by atoms with Crippen molar-refractivity contribution in [3.8, 4) is 0 Å². The van der Waals surface area contributed by atoms with Crippen molar-refractivity contribution in [3.63, 3.8) is 0 Å².